The molecule has 7 heteroatoms. The summed E-state index contributed by atoms with van der Waals surface area (Å²) >= 11 is 7.83. The topological polar surface area (TPSA) is 79.2 Å². The van der Waals surface area contributed by atoms with E-state index in [0.29, 0.717) is 38.0 Å². The number of carbonyl (C=O) groups is 2. The van der Waals surface area contributed by atoms with Gasteiger partial charge in [0.05, 0.1) is 46.2 Å². The molecular formula is C30H25ClN2O3S. The summed E-state index contributed by atoms with van der Waals surface area (Å²) in [6.45, 7) is 3.88. The molecule has 0 aliphatic carbocycles. The fourth-order valence-corrected chi connectivity index (χ4v) is 5.32. The Bertz CT molecular complexity index is 1420. The van der Waals surface area contributed by atoms with Crippen LogP contribution in [0.1, 0.15) is 39.9 Å². The lowest BCUT2D eigenvalue weighted by Crippen LogP contribution is -2.29. The second-order valence-corrected chi connectivity index (χ2v) is 9.78. The molecule has 0 saturated heterocycles. The zero-order chi connectivity index (χ0) is 26.4. The second kappa shape index (κ2) is 12.0. The summed E-state index contributed by atoms with van der Waals surface area (Å²) in [5.41, 5.74) is 4.16. The Labute approximate surface area is 225 Å². The maximum atomic E-state index is 13.4. The zero-order valence-electron chi connectivity index (χ0n) is 20.5. The number of benzene rings is 3. The van der Waals surface area contributed by atoms with Crippen LogP contribution in [0.3, 0.4) is 0 Å². The molecule has 0 unspecified atom stereocenters. The Hall–Kier alpha value is -3.79. The number of rotatable bonds is 8. The van der Waals surface area contributed by atoms with E-state index in [-0.39, 0.29) is 18.1 Å². The third-order valence-corrected chi connectivity index (χ3v) is 7.31. The average Bonchev–Trinajstić information content (AvgIpc) is 2.92. The van der Waals surface area contributed by atoms with Crippen LogP contribution in [-0.2, 0) is 9.53 Å². The number of halogens is 1. The van der Waals surface area contributed by atoms with Crippen molar-refractivity contribution < 1.29 is 14.3 Å². The van der Waals surface area contributed by atoms with Crippen molar-refractivity contribution in [2.75, 3.05) is 12.4 Å². The van der Waals surface area contributed by atoms with Crippen molar-refractivity contribution in [3.05, 3.63) is 122 Å². The van der Waals surface area contributed by atoms with Crippen LogP contribution < -0.4 is 5.32 Å². The van der Waals surface area contributed by atoms with Crippen LogP contribution in [0.4, 0.5) is 0 Å². The standard InChI is InChI=1S/C30H25ClN2O3S/c1-3-36-30(35)27-26(22-11-7-8-12-24(22)31)23(17-32)29(33-28(27)21-9-5-4-6-10-21)37-18-25(34)20-15-13-19(2)14-16-20/h4-16,26,33H,3,18H2,1-2H3/t26-/m0/s1. The van der Waals surface area contributed by atoms with E-state index in [1.54, 1.807) is 37.3 Å². The van der Waals surface area contributed by atoms with Gasteiger partial charge in [-0.15, -0.1) is 0 Å². The summed E-state index contributed by atoms with van der Waals surface area (Å²) < 4.78 is 5.45. The van der Waals surface area contributed by atoms with Gasteiger partial charge in [0, 0.05) is 10.6 Å². The zero-order valence-corrected chi connectivity index (χ0v) is 22.0. The molecule has 3 aromatic carbocycles. The van der Waals surface area contributed by atoms with Crippen LogP contribution in [0.2, 0.25) is 5.02 Å². The SMILES string of the molecule is CCOC(=O)C1=C(c2ccccc2)NC(SCC(=O)c2ccc(C)cc2)=C(C#N)[C@@H]1c1ccccc1Cl. The number of ether oxygens (including phenoxy) is 1. The van der Waals surface area contributed by atoms with Gasteiger partial charge in [-0.05, 0) is 31.0 Å². The first-order valence-corrected chi connectivity index (χ1v) is 13.2. The quantitative estimate of drug-likeness (QED) is 0.260. The fourth-order valence-electron chi connectivity index (χ4n) is 4.14. The number of nitriles is 1. The molecular weight excluding hydrogens is 504 g/mol. The Kier molecular flexibility index (Phi) is 8.50. The normalized spacial score (nSPS) is 15.1. The summed E-state index contributed by atoms with van der Waals surface area (Å²) in [7, 11) is 0. The molecule has 1 aliphatic rings. The van der Waals surface area contributed by atoms with E-state index in [4.69, 9.17) is 16.3 Å². The molecule has 37 heavy (non-hydrogen) atoms. The van der Waals surface area contributed by atoms with Gasteiger partial charge in [-0.2, -0.15) is 5.26 Å². The third-order valence-electron chi connectivity index (χ3n) is 5.95. The highest BCUT2D eigenvalue weighted by Crippen LogP contribution is 2.45. The van der Waals surface area contributed by atoms with Gasteiger partial charge in [0.25, 0.3) is 0 Å². The number of nitrogens with one attached hydrogen (secondary N) is 1. The summed E-state index contributed by atoms with van der Waals surface area (Å²) in [6.07, 6.45) is 0. The molecule has 3 aromatic rings. The highest BCUT2D eigenvalue weighted by atomic mass is 35.5. The molecule has 5 nitrogen and oxygen atoms in total. The third kappa shape index (κ3) is 5.80. The molecule has 0 saturated carbocycles. The molecule has 4 rings (SSSR count). The van der Waals surface area contributed by atoms with Crippen molar-refractivity contribution in [2.24, 2.45) is 0 Å². The van der Waals surface area contributed by atoms with E-state index < -0.39 is 11.9 Å². The van der Waals surface area contributed by atoms with Gasteiger partial charge in [0.1, 0.15) is 0 Å². The minimum Gasteiger partial charge on any atom is -0.463 e. The molecule has 1 atom stereocenters. The van der Waals surface area contributed by atoms with Crippen LogP contribution in [-0.4, -0.2) is 24.1 Å². The fraction of sp³-hybridized carbons (Fsp3) is 0.167. The largest absolute Gasteiger partial charge is 0.463 e. The van der Waals surface area contributed by atoms with Crippen molar-refractivity contribution in [1.29, 1.82) is 5.26 Å². The van der Waals surface area contributed by atoms with Crippen LogP contribution in [0.5, 0.6) is 0 Å². The van der Waals surface area contributed by atoms with E-state index >= 15 is 0 Å². The van der Waals surface area contributed by atoms with E-state index in [9.17, 15) is 14.9 Å². The van der Waals surface area contributed by atoms with E-state index in [0.717, 1.165) is 11.1 Å². The molecule has 0 bridgehead atoms. The van der Waals surface area contributed by atoms with Crippen LogP contribution in [0.15, 0.2) is 95.0 Å². The first-order chi connectivity index (χ1) is 17.9. The van der Waals surface area contributed by atoms with Crippen LogP contribution >= 0.6 is 23.4 Å². The smallest absolute Gasteiger partial charge is 0.337 e. The molecule has 0 fully saturated rings. The highest BCUT2D eigenvalue weighted by molar-refractivity contribution is 8.03. The van der Waals surface area contributed by atoms with E-state index in [2.05, 4.69) is 11.4 Å². The number of hydrogen-bond donors (Lipinski definition) is 1. The Morgan fingerprint density at radius 2 is 1.70 bits per heavy atom. The van der Waals surface area contributed by atoms with Crippen LogP contribution in [0, 0.1) is 18.3 Å². The summed E-state index contributed by atoms with van der Waals surface area (Å²) in [4.78, 5) is 26.3. The average molecular weight is 529 g/mol. The van der Waals surface area contributed by atoms with E-state index in [1.807, 2.05) is 55.5 Å². The molecule has 0 amide bonds. The van der Waals surface area contributed by atoms with Gasteiger partial charge in [-0.1, -0.05) is 102 Å². The van der Waals surface area contributed by atoms with Gasteiger partial charge >= 0.3 is 5.97 Å². The van der Waals surface area contributed by atoms with Gasteiger partial charge in [-0.3, -0.25) is 4.79 Å². The first-order valence-electron chi connectivity index (χ1n) is 11.8. The minimum absolute atomic E-state index is 0.0627. The number of ketones is 1. The summed E-state index contributed by atoms with van der Waals surface area (Å²) in [5.74, 6) is -1.26. The highest BCUT2D eigenvalue weighted by Gasteiger charge is 2.38. The number of Topliss-reactive ketones (excluding diaryl/α,β-unsaturated/α-hetero) is 1. The molecule has 1 N–H and O–H groups in total. The van der Waals surface area contributed by atoms with Gasteiger partial charge in [-0.25, -0.2) is 4.79 Å². The van der Waals surface area contributed by atoms with Gasteiger partial charge in [0.15, 0.2) is 5.78 Å². The number of carbonyl (C=O) groups excluding carboxylic acids is 2. The first kappa shape index (κ1) is 26.3. The number of aryl methyl sites for hydroxylation is 1. The molecule has 0 aromatic heterocycles. The number of thioether (sulfide) groups is 1. The monoisotopic (exact) mass is 528 g/mol. The minimum atomic E-state index is -0.772. The molecule has 1 heterocycles. The predicted molar refractivity (Wildman–Crippen MR) is 148 cm³/mol. The lowest BCUT2D eigenvalue weighted by molar-refractivity contribution is -0.138. The van der Waals surface area contributed by atoms with E-state index in [1.165, 1.54) is 11.8 Å². The summed E-state index contributed by atoms with van der Waals surface area (Å²) in [5, 5.41) is 14.5. The molecule has 0 spiro atoms. The molecule has 1 aliphatic heterocycles. The van der Waals surface area contributed by atoms with Gasteiger partial charge < -0.3 is 10.1 Å². The van der Waals surface area contributed by atoms with Crippen molar-refractivity contribution in [1.82, 2.24) is 5.32 Å². The van der Waals surface area contributed by atoms with Crippen LogP contribution in [0.25, 0.3) is 5.70 Å². The maximum Gasteiger partial charge on any atom is 0.337 e. The van der Waals surface area contributed by atoms with Crippen molar-refractivity contribution in [3.8, 4) is 6.07 Å². The number of esters is 1. The predicted octanol–water partition coefficient (Wildman–Crippen LogP) is 6.66. The lowest BCUT2D eigenvalue weighted by atomic mass is 9.81. The number of nitrogens with zero attached hydrogens (tertiary/aromatic N) is 1. The number of hydrogen-bond acceptors (Lipinski definition) is 6. The number of allylic oxidation sites excluding steroid dienone is 1. The van der Waals surface area contributed by atoms with Crippen molar-refractivity contribution >= 4 is 40.8 Å². The molecule has 186 valence electrons. The van der Waals surface area contributed by atoms with Crippen molar-refractivity contribution in [3.63, 3.8) is 0 Å². The molecule has 0 radical (unpaired) electrons. The lowest BCUT2D eigenvalue weighted by Gasteiger charge is -2.31. The summed E-state index contributed by atoms with van der Waals surface area (Å²) in [6, 6.07) is 26.2. The van der Waals surface area contributed by atoms with Crippen molar-refractivity contribution in [2.45, 2.75) is 19.8 Å². The Morgan fingerprint density at radius 1 is 1.03 bits per heavy atom. The maximum absolute atomic E-state index is 13.4. The Balaban J connectivity index is 1.83. The number of dihydropyridines is 1. The van der Waals surface area contributed by atoms with Gasteiger partial charge in [0.2, 0.25) is 0 Å². The second-order valence-electron chi connectivity index (χ2n) is 8.39. The Morgan fingerprint density at radius 3 is 2.35 bits per heavy atom.